The third-order valence-electron chi connectivity index (χ3n) is 4.63. The Morgan fingerprint density at radius 1 is 1.12 bits per heavy atom. The average Bonchev–Trinajstić information content (AvgIpc) is 3.28. The van der Waals surface area contributed by atoms with Gasteiger partial charge in [-0.3, -0.25) is 4.79 Å². The molecule has 24 heavy (non-hydrogen) atoms. The summed E-state index contributed by atoms with van der Waals surface area (Å²) < 4.78 is 26.8. The van der Waals surface area contributed by atoms with Gasteiger partial charge in [0.05, 0.1) is 10.1 Å². The lowest BCUT2D eigenvalue weighted by molar-refractivity contribution is -0.143. The molecular weight excluding hydrogens is 394 g/mol. The number of nitrogens with two attached hydrogens (primary N) is 1. The molecule has 1 aliphatic rings. The maximum Gasteiger partial charge on any atom is 0.312 e. The summed E-state index contributed by atoms with van der Waals surface area (Å²) in [6, 6.07) is 14.9. The molecule has 2 aromatic rings. The first-order valence-corrected chi connectivity index (χ1v) is 9.67. The average molecular weight is 410 g/mol. The van der Waals surface area contributed by atoms with Gasteiger partial charge in [-0.25, -0.2) is 8.42 Å². The van der Waals surface area contributed by atoms with Gasteiger partial charge in [0.1, 0.15) is 5.41 Å². The maximum atomic E-state index is 13.0. The number of hydrogen-bond donors (Lipinski definition) is 2. The van der Waals surface area contributed by atoms with Gasteiger partial charge in [0, 0.05) is 16.9 Å². The predicted octanol–water partition coefficient (Wildman–Crippen LogP) is 2.42. The molecule has 1 fully saturated rings. The van der Waals surface area contributed by atoms with Crippen LogP contribution in [-0.4, -0.2) is 31.3 Å². The third-order valence-corrected chi connectivity index (χ3v) is 7.45. The lowest BCUT2D eigenvalue weighted by Gasteiger charge is -2.10. The quantitative estimate of drug-likeness (QED) is 0.789. The Morgan fingerprint density at radius 2 is 1.71 bits per heavy atom. The molecule has 0 saturated heterocycles. The van der Waals surface area contributed by atoms with Crippen molar-refractivity contribution in [2.75, 3.05) is 6.54 Å². The van der Waals surface area contributed by atoms with E-state index in [0.717, 1.165) is 4.47 Å². The summed E-state index contributed by atoms with van der Waals surface area (Å²) in [6.07, 6.45) is 0. The number of halogens is 1. The minimum absolute atomic E-state index is 0.119. The van der Waals surface area contributed by atoms with Crippen LogP contribution in [-0.2, 0) is 14.6 Å². The van der Waals surface area contributed by atoms with E-state index in [9.17, 15) is 18.3 Å². The Bertz CT molecular complexity index is 867. The van der Waals surface area contributed by atoms with E-state index < -0.39 is 32.4 Å². The van der Waals surface area contributed by atoms with Gasteiger partial charge in [-0.1, -0.05) is 46.3 Å². The highest BCUT2D eigenvalue weighted by Crippen LogP contribution is 2.63. The van der Waals surface area contributed by atoms with Crippen molar-refractivity contribution in [3.8, 4) is 0 Å². The Balaban J connectivity index is 2.11. The van der Waals surface area contributed by atoms with E-state index in [1.54, 1.807) is 42.5 Å². The summed E-state index contributed by atoms with van der Waals surface area (Å²) in [4.78, 5) is 12.0. The van der Waals surface area contributed by atoms with E-state index in [4.69, 9.17) is 5.73 Å². The van der Waals surface area contributed by atoms with Crippen LogP contribution in [0.5, 0.6) is 0 Å². The first kappa shape index (κ1) is 17.1. The number of carboxylic acids is 1. The van der Waals surface area contributed by atoms with Crippen LogP contribution in [0.3, 0.4) is 0 Å². The molecule has 2 aromatic carbocycles. The van der Waals surface area contributed by atoms with E-state index in [1.165, 1.54) is 12.1 Å². The zero-order chi connectivity index (χ0) is 17.5. The summed E-state index contributed by atoms with van der Waals surface area (Å²) in [7, 11) is -3.81. The fraction of sp³-hybridized carbons (Fsp3) is 0.235. The molecular formula is C17H16BrNO4S. The van der Waals surface area contributed by atoms with Crippen molar-refractivity contribution >= 4 is 31.7 Å². The predicted molar refractivity (Wildman–Crippen MR) is 93.4 cm³/mol. The normalized spacial score (nSPS) is 26.1. The van der Waals surface area contributed by atoms with Crippen LogP contribution >= 0.6 is 15.9 Å². The van der Waals surface area contributed by atoms with Gasteiger partial charge in [0.25, 0.3) is 0 Å². The Labute approximate surface area is 148 Å². The van der Waals surface area contributed by atoms with E-state index in [-0.39, 0.29) is 11.4 Å². The second kappa shape index (κ2) is 5.98. The SMILES string of the molecule is NC[C@]1(C(=O)O)[C@@H](c2ccc(Br)cc2)[C@@H]1S(=O)(=O)c1ccccc1. The fourth-order valence-electron chi connectivity index (χ4n) is 3.35. The second-order valence-electron chi connectivity index (χ2n) is 5.86. The first-order valence-electron chi connectivity index (χ1n) is 7.33. The summed E-state index contributed by atoms with van der Waals surface area (Å²) >= 11 is 3.32. The summed E-state index contributed by atoms with van der Waals surface area (Å²) in [5.74, 6) is -1.85. The van der Waals surface area contributed by atoms with Crippen LogP contribution < -0.4 is 5.73 Å². The van der Waals surface area contributed by atoms with Gasteiger partial charge in [-0.05, 0) is 29.8 Å². The Kier molecular flexibility index (Phi) is 4.27. The van der Waals surface area contributed by atoms with Crippen LogP contribution in [0.4, 0.5) is 0 Å². The maximum absolute atomic E-state index is 13.0. The Hall–Kier alpha value is -1.70. The molecule has 0 amide bonds. The van der Waals surface area contributed by atoms with Crippen molar-refractivity contribution in [3.05, 3.63) is 64.6 Å². The summed E-state index contributed by atoms with van der Waals surface area (Å²) in [5, 5.41) is 8.64. The van der Waals surface area contributed by atoms with E-state index in [1.807, 2.05) is 0 Å². The summed E-state index contributed by atoms with van der Waals surface area (Å²) in [5.41, 5.74) is 4.90. The number of benzene rings is 2. The molecule has 1 saturated carbocycles. The highest BCUT2D eigenvalue weighted by molar-refractivity contribution is 9.10. The van der Waals surface area contributed by atoms with Crippen molar-refractivity contribution in [2.24, 2.45) is 11.1 Å². The van der Waals surface area contributed by atoms with E-state index in [2.05, 4.69) is 15.9 Å². The van der Waals surface area contributed by atoms with Crippen LogP contribution in [0.2, 0.25) is 0 Å². The number of hydrogen-bond acceptors (Lipinski definition) is 4. The molecule has 0 aromatic heterocycles. The topological polar surface area (TPSA) is 97.5 Å². The van der Waals surface area contributed by atoms with Gasteiger partial charge in [0.2, 0.25) is 0 Å². The molecule has 0 radical (unpaired) electrons. The monoisotopic (exact) mass is 409 g/mol. The highest BCUT2D eigenvalue weighted by atomic mass is 79.9. The molecule has 1 aliphatic carbocycles. The highest BCUT2D eigenvalue weighted by Gasteiger charge is 2.75. The molecule has 3 atom stereocenters. The molecule has 3 rings (SSSR count). The minimum Gasteiger partial charge on any atom is -0.481 e. The molecule has 0 heterocycles. The van der Waals surface area contributed by atoms with Crippen molar-refractivity contribution in [1.29, 1.82) is 0 Å². The van der Waals surface area contributed by atoms with Crippen molar-refractivity contribution < 1.29 is 18.3 Å². The molecule has 5 nitrogen and oxygen atoms in total. The number of aliphatic carboxylic acids is 1. The molecule has 3 N–H and O–H groups in total. The number of carboxylic acid groups (broad SMARTS) is 1. The van der Waals surface area contributed by atoms with Crippen LogP contribution in [0, 0.1) is 5.41 Å². The van der Waals surface area contributed by atoms with Crippen molar-refractivity contribution in [1.82, 2.24) is 0 Å². The Morgan fingerprint density at radius 3 is 2.21 bits per heavy atom. The number of carbonyl (C=O) groups is 1. The second-order valence-corrected chi connectivity index (χ2v) is 8.84. The largest absolute Gasteiger partial charge is 0.481 e. The van der Waals surface area contributed by atoms with Crippen molar-refractivity contribution in [2.45, 2.75) is 16.1 Å². The summed E-state index contributed by atoms with van der Waals surface area (Å²) in [6.45, 7) is -0.236. The molecule has 0 bridgehead atoms. The lowest BCUT2D eigenvalue weighted by Crippen LogP contribution is -2.31. The molecule has 0 spiro atoms. The van der Waals surface area contributed by atoms with E-state index >= 15 is 0 Å². The fourth-order valence-corrected chi connectivity index (χ4v) is 6.02. The molecule has 7 heteroatoms. The lowest BCUT2D eigenvalue weighted by atomic mass is 9.99. The molecule has 0 unspecified atom stereocenters. The van der Waals surface area contributed by atoms with Gasteiger partial charge in [0.15, 0.2) is 9.84 Å². The zero-order valence-corrected chi connectivity index (χ0v) is 15.0. The van der Waals surface area contributed by atoms with Gasteiger partial charge in [-0.2, -0.15) is 0 Å². The van der Waals surface area contributed by atoms with Gasteiger partial charge < -0.3 is 10.8 Å². The van der Waals surface area contributed by atoms with Crippen LogP contribution in [0.15, 0.2) is 64.0 Å². The van der Waals surface area contributed by atoms with Gasteiger partial charge in [-0.15, -0.1) is 0 Å². The zero-order valence-electron chi connectivity index (χ0n) is 12.6. The van der Waals surface area contributed by atoms with Crippen molar-refractivity contribution in [3.63, 3.8) is 0 Å². The smallest absolute Gasteiger partial charge is 0.312 e. The first-order chi connectivity index (χ1) is 11.4. The molecule has 126 valence electrons. The van der Waals surface area contributed by atoms with E-state index in [0.29, 0.717) is 5.56 Å². The molecule has 0 aliphatic heterocycles. The van der Waals surface area contributed by atoms with Gasteiger partial charge >= 0.3 is 5.97 Å². The minimum atomic E-state index is -3.81. The van der Waals surface area contributed by atoms with Crippen LogP contribution in [0.1, 0.15) is 11.5 Å². The standard InChI is InChI=1S/C17H16BrNO4S/c18-12-8-6-11(7-9-12)14-15(17(14,10-19)16(20)21)24(22,23)13-4-2-1-3-5-13/h1-9,14-15H,10,19H2,(H,20,21)/t14-,15-,17-/m0/s1. The number of sulfone groups is 1. The number of rotatable bonds is 5. The third kappa shape index (κ3) is 2.47. The van der Waals surface area contributed by atoms with Crippen LogP contribution in [0.25, 0.3) is 0 Å².